The number of likely N-dealkylation sites (tertiary alicyclic amines) is 1. The number of H-pyrrole nitrogens is 1. The molecule has 3 amide bonds. The van der Waals surface area contributed by atoms with Gasteiger partial charge in [-0.1, -0.05) is 32.0 Å². The van der Waals surface area contributed by atoms with Gasteiger partial charge in [0.2, 0.25) is 17.7 Å². The molecule has 0 radical (unpaired) electrons. The molecule has 168 valence electrons. The average molecular weight is 428 g/mol. The molecule has 8 heteroatoms. The largest absolute Gasteiger partial charge is 0.361 e. The van der Waals surface area contributed by atoms with E-state index in [1.165, 1.54) is 0 Å². The van der Waals surface area contributed by atoms with Gasteiger partial charge in [-0.25, -0.2) is 0 Å². The van der Waals surface area contributed by atoms with E-state index in [1.807, 2.05) is 38.2 Å². The van der Waals surface area contributed by atoms with E-state index in [9.17, 15) is 14.4 Å². The van der Waals surface area contributed by atoms with Gasteiger partial charge in [0.1, 0.15) is 12.1 Å². The summed E-state index contributed by atoms with van der Waals surface area (Å²) >= 11 is 0. The normalized spacial score (nSPS) is 18.2. The Morgan fingerprint density at radius 3 is 2.68 bits per heavy atom. The Labute approximate surface area is 182 Å². The summed E-state index contributed by atoms with van der Waals surface area (Å²) in [5.41, 5.74) is 7.86. The Hall–Kier alpha value is -2.87. The zero-order valence-electron chi connectivity index (χ0n) is 18.5. The van der Waals surface area contributed by atoms with E-state index >= 15 is 0 Å². The second-order valence-electron chi connectivity index (χ2n) is 8.61. The SMILES string of the molecule is CC(C)[C@H](NC(=O)[C@H](C)N)C(=O)N1CCC[C@H]1C(=O)NCCc1c[nH]c2ccccc12. The summed E-state index contributed by atoms with van der Waals surface area (Å²) in [4.78, 5) is 42.9. The summed E-state index contributed by atoms with van der Waals surface area (Å²) in [5.74, 6) is -0.850. The predicted octanol–water partition coefficient (Wildman–Crippen LogP) is 1.31. The van der Waals surface area contributed by atoms with Crippen LogP contribution in [-0.4, -0.2) is 58.8 Å². The van der Waals surface area contributed by atoms with Gasteiger partial charge in [-0.05, 0) is 43.7 Å². The average Bonchev–Trinajstić information content (AvgIpc) is 3.38. The predicted molar refractivity (Wildman–Crippen MR) is 120 cm³/mol. The van der Waals surface area contributed by atoms with Crippen molar-refractivity contribution in [3.8, 4) is 0 Å². The molecule has 1 fully saturated rings. The molecule has 0 saturated carbocycles. The fourth-order valence-electron chi connectivity index (χ4n) is 4.06. The van der Waals surface area contributed by atoms with Gasteiger partial charge in [0.15, 0.2) is 0 Å². The summed E-state index contributed by atoms with van der Waals surface area (Å²) < 4.78 is 0. The summed E-state index contributed by atoms with van der Waals surface area (Å²) in [5, 5.41) is 6.88. The van der Waals surface area contributed by atoms with Crippen LogP contribution in [0.25, 0.3) is 10.9 Å². The van der Waals surface area contributed by atoms with Crippen LogP contribution in [0.2, 0.25) is 0 Å². The van der Waals surface area contributed by atoms with Crippen molar-refractivity contribution in [2.45, 2.75) is 58.2 Å². The van der Waals surface area contributed by atoms with Crippen LogP contribution < -0.4 is 16.4 Å². The molecule has 0 bridgehead atoms. The molecule has 0 spiro atoms. The quantitative estimate of drug-likeness (QED) is 0.507. The molecule has 5 N–H and O–H groups in total. The lowest BCUT2D eigenvalue weighted by Crippen LogP contribution is -2.57. The summed E-state index contributed by atoms with van der Waals surface area (Å²) in [6.07, 6.45) is 4.06. The van der Waals surface area contributed by atoms with Crippen molar-refractivity contribution >= 4 is 28.6 Å². The number of carbonyl (C=O) groups excluding carboxylic acids is 3. The highest BCUT2D eigenvalue weighted by atomic mass is 16.2. The van der Waals surface area contributed by atoms with Gasteiger partial charge in [0.25, 0.3) is 0 Å². The Bertz CT molecular complexity index is 936. The van der Waals surface area contributed by atoms with Crippen LogP contribution in [0.4, 0.5) is 0 Å². The number of nitrogens with two attached hydrogens (primary N) is 1. The highest BCUT2D eigenvalue weighted by molar-refractivity contribution is 5.93. The van der Waals surface area contributed by atoms with Gasteiger partial charge in [-0.15, -0.1) is 0 Å². The number of hydrogen-bond acceptors (Lipinski definition) is 4. The van der Waals surface area contributed by atoms with Crippen molar-refractivity contribution in [3.05, 3.63) is 36.0 Å². The molecule has 0 unspecified atom stereocenters. The van der Waals surface area contributed by atoms with E-state index < -0.39 is 18.1 Å². The van der Waals surface area contributed by atoms with Crippen LogP contribution in [0.3, 0.4) is 0 Å². The fraction of sp³-hybridized carbons (Fsp3) is 0.522. The molecule has 8 nitrogen and oxygen atoms in total. The Balaban J connectivity index is 1.59. The topological polar surface area (TPSA) is 120 Å². The van der Waals surface area contributed by atoms with Gasteiger partial charge in [0.05, 0.1) is 6.04 Å². The number of para-hydroxylation sites is 1. The number of fused-ring (bicyclic) bond motifs is 1. The van der Waals surface area contributed by atoms with Crippen LogP contribution in [0.15, 0.2) is 30.5 Å². The molecule has 0 aliphatic carbocycles. The number of hydrogen-bond donors (Lipinski definition) is 4. The molecule has 1 aromatic heterocycles. The Morgan fingerprint density at radius 2 is 1.97 bits per heavy atom. The van der Waals surface area contributed by atoms with E-state index in [-0.39, 0.29) is 23.6 Å². The first-order chi connectivity index (χ1) is 14.8. The molecule has 1 aliphatic rings. The third-order valence-electron chi connectivity index (χ3n) is 5.85. The second kappa shape index (κ2) is 9.96. The van der Waals surface area contributed by atoms with E-state index in [1.54, 1.807) is 11.8 Å². The minimum Gasteiger partial charge on any atom is -0.361 e. The lowest BCUT2D eigenvalue weighted by atomic mass is 10.0. The smallest absolute Gasteiger partial charge is 0.246 e. The number of nitrogens with zero attached hydrogens (tertiary/aromatic N) is 1. The zero-order chi connectivity index (χ0) is 22.5. The van der Waals surface area contributed by atoms with E-state index in [2.05, 4.69) is 21.7 Å². The molecular formula is C23H33N5O3. The van der Waals surface area contributed by atoms with Crippen LogP contribution in [-0.2, 0) is 20.8 Å². The number of carbonyl (C=O) groups is 3. The molecule has 1 saturated heterocycles. The van der Waals surface area contributed by atoms with Crippen molar-refractivity contribution < 1.29 is 14.4 Å². The highest BCUT2D eigenvalue weighted by Gasteiger charge is 2.38. The van der Waals surface area contributed by atoms with E-state index in [0.717, 1.165) is 22.9 Å². The first kappa shape index (κ1) is 22.8. The summed E-state index contributed by atoms with van der Waals surface area (Å²) in [6.45, 7) is 6.33. The lowest BCUT2D eigenvalue weighted by Gasteiger charge is -2.30. The van der Waals surface area contributed by atoms with Gasteiger partial charge in [-0.3, -0.25) is 14.4 Å². The van der Waals surface area contributed by atoms with Crippen molar-refractivity contribution in [2.24, 2.45) is 11.7 Å². The second-order valence-corrected chi connectivity index (χ2v) is 8.61. The zero-order valence-corrected chi connectivity index (χ0v) is 18.5. The molecule has 1 aliphatic heterocycles. The van der Waals surface area contributed by atoms with Crippen molar-refractivity contribution in [3.63, 3.8) is 0 Å². The van der Waals surface area contributed by atoms with Crippen LogP contribution >= 0.6 is 0 Å². The van der Waals surface area contributed by atoms with Gasteiger partial charge in [0, 0.05) is 30.2 Å². The first-order valence-electron chi connectivity index (χ1n) is 11.0. The lowest BCUT2D eigenvalue weighted by molar-refractivity contribution is -0.142. The molecule has 1 aromatic carbocycles. The molecule has 3 atom stereocenters. The summed E-state index contributed by atoms with van der Waals surface area (Å²) in [6, 6.07) is 6.16. The number of amides is 3. The Morgan fingerprint density at radius 1 is 1.23 bits per heavy atom. The minimum atomic E-state index is -0.698. The monoisotopic (exact) mass is 427 g/mol. The number of rotatable bonds is 8. The van der Waals surface area contributed by atoms with Gasteiger partial charge < -0.3 is 26.3 Å². The van der Waals surface area contributed by atoms with Crippen LogP contribution in [0, 0.1) is 5.92 Å². The van der Waals surface area contributed by atoms with E-state index in [4.69, 9.17) is 5.73 Å². The van der Waals surface area contributed by atoms with Crippen molar-refractivity contribution in [2.75, 3.05) is 13.1 Å². The summed E-state index contributed by atoms with van der Waals surface area (Å²) in [7, 11) is 0. The molecule has 31 heavy (non-hydrogen) atoms. The van der Waals surface area contributed by atoms with Crippen LogP contribution in [0.1, 0.15) is 39.2 Å². The van der Waals surface area contributed by atoms with Crippen molar-refractivity contribution in [1.82, 2.24) is 20.5 Å². The number of nitrogens with one attached hydrogen (secondary N) is 3. The third-order valence-corrected chi connectivity index (χ3v) is 5.85. The number of aromatic amines is 1. The fourth-order valence-corrected chi connectivity index (χ4v) is 4.06. The van der Waals surface area contributed by atoms with Gasteiger partial charge in [-0.2, -0.15) is 0 Å². The van der Waals surface area contributed by atoms with Gasteiger partial charge >= 0.3 is 0 Å². The Kier molecular flexibility index (Phi) is 7.33. The van der Waals surface area contributed by atoms with Crippen molar-refractivity contribution in [1.29, 1.82) is 0 Å². The first-order valence-corrected chi connectivity index (χ1v) is 11.0. The molecule has 3 rings (SSSR count). The maximum absolute atomic E-state index is 13.2. The minimum absolute atomic E-state index is 0.110. The number of benzene rings is 1. The molecule has 2 aromatic rings. The molecule has 2 heterocycles. The van der Waals surface area contributed by atoms with E-state index in [0.29, 0.717) is 25.9 Å². The third kappa shape index (κ3) is 5.25. The maximum atomic E-state index is 13.2. The maximum Gasteiger partial charge on any atom is 0.246 e. The number of aromatic nitrogens is 1. The standard InChI is InChI=1S/C23H33N5O3/c1-14(2)20(27-21(29)15(3)24)23(31)28-12-6-9-19(28)22(30)25-11-10-16-13-26-18-8-5-4-7-17(16)18/h4-5,7-8,13-15,19-20,26H,6,9-12,24H2,1-3H3,(H,25,30)(H,27,29)/t15-,19-,20-/m0/s1. The van der Waals surface area contributed by atoms with Crippen LogP contribution in [0.5, 0.6) is 0 Å². The highest BCUT2D eigenvalue weighted by Crippen LogP contribution is 2.21. The molecular weight excluding hydrogens is 394 g/mol.